The van der Waals surface area contributed by atoms with Crippen LogP contribution in [0.3, 0.4) is 0 Å². The first kappa shape index (κ1) is 14.5. The van der Waals surface area contributed by atoms with E-state index in [0.29, 0.717) is 13.0 Å². The first-order valence-electron chi connectivity index (χ1n) is 6.81. The molecule has 0 aromatic rings. The zero-order valence-electron chi connectivity index (χ0n) is 11.0. The molecule has 100 valence electrons. The molecule has 0 aromatic heterocycles. The quantitative estimate of drug-likeness (QED) is 0.686. The van der Waals surface area contributed by atoms with Crippen molar-refractivity contribution in [1.29, 1.82) is 0 Å². The third-order valence-corrected chi connectivity index (χ3v) is 3.20. The molecule has 0 aliphatic carbocycles. The normalized spacial score (nSPS) is 17.7. The molecule has 0 atom stereocenters. The average molecular weight is 242 g/mol. The van der Waals surface area contributed by atoms with E-state index in [4.69, 9.17) is 4.74 Å². The molecule has 0 unspecified atom stereocenters. The van der Waals surface area contributed by atoms with Gasteiger partial charge in [-0.25, -0.2) is 0 Å². The molecule has 1 heterocycles. The molecular weight excluding hydrogens is 216 g/mol. The minimum Gasteiger partial charge on any atom is -0.385 e. The second kappa shape index (κ2) is 9.42. The van der Waals surface area contributed by atoms with Crippen LogP contribution >= 0.6 is 0 Å². The highest BCUT2D eigenvalue weighted by atomic mass is 16.5. The molecule has 1 rings (SSSR count). The SMILES string of the molecule is COCCCNC(=O)CCN1CCCCCC1. The van der Waals surface area contributed by atoms with Crippen LogP contribution in [0.4, 0.5) is 0 Å². The van der Waals surface area contributed by atoms with Crippen LogP contribution in [-0.2, 0) is 9.53 Å². The number of rotatable bonds is 7. The second-order valence-electron chi connectivity index (χ2n) is 4.70. The van der Waals surface area contributed by atoms with Gasteiger partial charge in [0.1, 0.15) is 0 Å². The fraction of sp³-hybridized carbons (Fsp3) is 0.923. The number of hydrogen-bond acceptors (Lipinski definition) is 3. The van der Waals surface area contributed by atoms with Gasteiger partial charge in [0.25, 0.3) is 0 Å². The van der Waals surface area contributed by atoms with Crippen molar-refractivity contribution in [3.05, 3.63) is 0 Å². The molecule has 0 bridgehead atoms. The average Bonchev–Trinajstić information content (AvgIpc) is 2.60. The van der Waals surface area contributed by atoms with E-state index >= 15 is 0 Å². The van der Waals surface area contributed by atoms with E-state index < -0.39 is 0 Å². The van der Waals surface area contributed by atoms with Gasteiger partial charge in [-0.05, 0) is 32.4 Å². The highest BCUT2D eigenvalue weighted by Gasteiger charge is 2.10. The third-order valence-electron chi connectivity index (χ3n) is 3.20. The number of carbonyl (C=O) groups is 1. The van der Waals surface area contributed by atoms with Crippen LogP contribution in [0.15, 0.2) is 0 Å². The maximum absolute atomic E-state index is 11.6. The van der Waals surface area contributed by atoms with Crippen molar-refractivity contribution >= 4 is 5.91 Å². The van der Waals surface area contributed by atoms with Gasteiger partial charge in [0.05, 0.1) is 0 Å². The highest BCUT2D eigenvalue weighted by Crippen LogP contribution is 2.09. The number of likely N-dealkylation sites (tertiary alicyclic amines) is 1. The van der Waals surface area contributed by atoms with Gasteiger partial charge in [-0.1, -0.05) is 12.8 Å². The van der Waals surface area contributed by atoms with Crippen LogP contribution in [0, 0.1) is 0 Å². The summed E-state index contributed by atoms with van der Waals surface area (Å²) >= 11 is 0. The standard InChI is InChI=1S/C13H26N2O2/c1-17-12-6-8-14-13(16)7-11-15-9-4-2-3-5-10-15/h2-12H2,1H3,(H,14,16). The molecule has 1 saturated heterocycles. The van der Waals surface area contributed by atoms with E-state index in [9.17, 15) is 4.79 Å². The largest absolute Gasteiger partial charge is 0.385 e. The minimum absolute atomic E-state index is 0.172. The second-order valence-corrected chi connectivity index (χ2v) is 4.70. The summed E-state index contributed by atoms with van der Waals surface area (Å²) in [4.78, 5) is 14.0. The molecular formula is C13H26N2O2. The molecule has 1 amide bonds. The van der Waals surface area contributed by atoms with Gasteiger partial charge in [-0.3, -0.25) is 4.79 Å². The van der Waals surface area contributed by atoms with Crippen LogP contribution in [0.25, 0.3) is 0 Å². The van der Waals surface area contributed by atoms with Crippen molar-refractivity contribution in [2.24, 2.45) is 0 Å². The van der Waals surface area contributed by atoms with Crippen molar-refractivity contribution in [1.82, 2.24) is 10.2 Å². The summed E-state index contributed by atoms with van der Waals surface area (Å²) in [5, 5.41) is 2.93. The number of amides is 1. The van der Waals surface area contributed by atoms with Gasteiger partial charge in [-0.2, -0.15) is 0 Å². The van der Waals surface area contributed by atoms with Crippen molar-refractivity contribution in [2.75, 3.05) is 39.9 Å². The summed E-state index contributed by atoms with van der Waals surface area (Å²) < 4.78 is 4.93. The smallest absolute Gasteiger partial charge is 0.221 e. The number of ether oxygens (including phenoxy) is 1. The van der Waals surface area contributed by atoms with Gasteiger partial charge in [0, 0.05) is 33.2 Å². The molecule has 0 spiro atoms. The van der Waals surface area contributed by atoms with E-state index in [1.165, 1.54) is 25.7 Å². The van der Waals surface area contributed by atoms with Crippen LogP contribution in [0.1, 0.15) is 38.5 Å². The Balaban J connectivity index is 2.01. The number of methoxy groups -OCH3 is 1. The van der Waals surface area contributed by atoms with E-state index in [1.54, 1.807) is 7.11 Å². The molecule has 0 aromatic carbocycles. The monoisotopic (exact) mass is 242 g/mol. The summed E-state index contributed by atoms with van der Waals surface area (Å²) in [6.07, 6.45) is 6.79. The summed E-state index contributed by atoms with van der Waals surface area (Å²) in [7, 11) is 1.68. The predicted octanol–water partition coefficient (Wildman–Crippen LogP) is 1.41. The number of nitrogens with one attached hydrogen (secondary N) is 1. The number of nitrogens with zero attached hydrogens (tertiary/aromatic N) is 1. The molecule has 1 aliphatic heterocycles. The van der Waals surface area contributed by atoms with Gasteiger partial charge in [0.15, 0.2) is 0 Å². The van der Waals surface area contributed by atoms with E-state index in [-0.39, 0.29) is 5.91 Å². The van der Waals surface area contributed by atoms with Crippen molar-refractivity contribution < 1.29 is 9.53 Å². The molecule has 17 heavy (non-hydrogen) atoms. The molecule has 4 nitrogen and oxygen atoms in total. The van der Waals surface area contributed by atoms with Crippen molar-refractivity contribution in [2.45, 2.75) is 38.5 Å². The Morgan fingerprint density at radius 2 is 1.94 bits per heavy atom. The molecule has 1 aliphatic rings. The number of carbonyl (C=O) groups excluding carboxylic acids is 1. The lowest BCUT2D eigenvalue weighted by Crippen LogP contribution is -2.32. The lowest BCUT2D eigenvalue weighted by molar-refractivity contribution is -0.121. The van der Waals surface area contributed by atoms with Crippen LogP contribution < -0.4 is 5.32 Å². The van der Waals surface area contributed by atoms with Crippen LogP contribution in [0.2, 0.25) is 0 Å². The molecule has 0 saturated carbocycles. The Bertz CT molecular complexity index is 202. The zero-order valence-corrected chi connectivity index (χ0v) is 11.0. The summed E-state index contributed by atoms with van der Waals surface area (Å²) in [6.45, 7) is 4.68. The lowest BCUT2D eigenvalue weighted by Gasteiger charge is -2.19. The minimum atomic E-state index is 0.172. The molecule has 1 fully saturated rings. The van der Waals surface area contributed by atoms with Crippen LogP contribution in [-0.4, -0.2) is 50.7 Å². The summed E-state index contributed by atoms with van der Waals surface area (Å²) in [5.74, 6) is 0.172. The maximum atomic E-state index is 11.6. The Labute approximate surface area is 105 Å². The molecule has 4 heteroatoms. The third kappa shape index (κ3) is 7.34. The Kier molecular flexibility index (Phi) is 8.01. The molecule has 1 N–H and O–H groups in total. The van der Waals surface area contributed by atoms with Gasteiger partial charge >= 0.3 is 0 Å². The van der Waals surface area contributed by atoms with E-state index in [0.717, 1.165) is 32.6 Å². The zero-order chi connectivity index (χ0) is 12.3. The highest BCUT2D eigenvalue weighted by molar-refractivity contribution is 5.75. The van der Waals surface area contributed by atoms with Gasteiger partial charge in [-0.15, -0.1) is 0 Å². The first-order chi connectivity index (χ1) is 8.33. The lowest BCUT2D eigenvalue weighted by atomic mass is 10.2. The fourth-order valence-electron chi connectivity index (χ4n) is 2.15. The van der Waals surface area contributed by atoms with Crippen LogP contribution in [0.5, 0.6) is 0 Å². The first-order valence-corrected chi connectivity index (χ1v) is 6.81. The Hall–Kier alpha value is -0.610. The van der Waals surface area contributed by atoms with E-state index in [1.807, 2.05) is 0 Å². The Morgan fingerprint density at radius 1 is 1.24 bits per heavy atom. The van der Waals surface area contributed by atoms with Crippen molar-refractivity contribution in [3.63, 3.8) is 0 Å². The fourth-order valence-corrected chi connectivity index (χ4v) is 2.15. The summed E-state index contributed by atoms with van der Waals surface area (Å²) in [6, 6.07) is 0. The van der Waals surface area contributed by atoms with Gasteiger partial charge in [0.2, 0.25) is 5.91 Å². The maximum Gasteiger partial charge on any atom is 0.221 e. The topological polar surface area (TPSA) is 41.6 Å². The predicted molar refractivity (Wildman–Crippen MR) is 69.0 cm³/mol. The van der Waals surface area contributed by atoms with Gasteiger partial charge < -0.3 is 15.0 Å². The Morgan fingerprint density at radius 3 is 2.59 bits per heavy atom. The van der Waals surface area contributed by atoms with Crippen molar-refractivity contribution in [3.8, 4) is 0 Å². The molecule has 0 radical (unpaired) electrons. The van der Waals surface area contributed by atoms with E-state index in [2.05, 4.69) is 10.2 Å². The number of hydrogen-bond donors (Lipinski definition) is 1. The summed E-state index contributed by atoms with van der Waals surface area (Å²) in [5.41, 5.74) is 0.